The highest BCUT2D eigenvalue weighted by Crippen LogP contribution is 2.52. The molecule has 2 atom stereocenters. The van der Waals surface area contributed by atoms with Crippen molar-refractivity contribution in [1.82, 2.24) is 4.90 Å². The van der Waals surface area contributed by atoms with Crippen molar-refractivity contribution in [2.45, 2.75) is 37.2 Å². The van der Waals surface area contributed by atoms with Crippen molar-refractivity contribution < 1.29 is 14.6 Å². The Morgan fingerprint density at radius 1 is 1.27 bits per heavy atom. The normalized spacial score (nSPS) is 27.9. The van der Waals surface area contributed by atoms with Gasteiger partial charge in [0.15, 0.2) is 11.5 Å². The monoisotopic (exact) mass is 303 g/mol. The molecular weight excluding hydrogens is 278 g/mol. The summed E-state index contributed by atoms with van der Waals surface area (Å²) >= 11 is 0. The molecule has 1 aromatic rings. The maximum absolute atomic E-state index is 10.9. The van der Waals surface area contributed by atoms with Gasteiger partial charge in [0.1, 0.15) is 0 Å². The van der Waals surface area contributed by atoms with Gasteiger partial charge in [-0.25, -0.2) is 0 Å². The summed E-state index contributed by atoms with van der Waals surface area (Å²) < 4.78 is 11.1. The molecule has 1 aliphatic carbocycles. The predicted molar refractivity (Wildman–Crippen MR) is 86.4 cm³/mol. The van der Waals surface area contributed by atoms with E-state index in [-0.39, 0.29) is 11.5 Å². The van der Waals surface area contributed by atoms with Crippen LogP contribution in [0.15, 0.2) is 30.0 Å². The number of rotatable bonds is 3. The van der Waals surface area contributed by atoms with E-state index in [4.69, 9.17) is 9.47 Å². The quantitative estimate of drug-likeness (QED) is 0.932. The minimum Gasteiger partial charge on any atom is -0.493 e. The average Bonchev–Trinajstić information content (AvgIpc) is 2.54. The first-order chi connectivity index (χ1) is 10.6. The lowest BCUT2D eigenvalue weighted by molar-refractivity contribution is 0.0549. The zero-order chi connectivity index (χ0) is 15.7. The summed E-state index contributed by atoms with van der Waals surface area (Å²) in [6, 6.07) is 5.98. The molecule has 22 heavy (non-hydrogen) atoms. The summed E-state index contributed by atoms with van der Waals surface area (Å²) in [5.74, 6) is 1.48. The van der Waals surface area contributed by atoms with Gasteiger partial charge in [-0.2, -0.15) is 0 Å². The first kappa shape index (κ1) is 15.2. The fraction of sp³-hybridized carbons (Fsp3) is 0.556. The number of aliphatic hydroxyl groups excluding tert-OH is 1. The van der Waals surface area contributed by atoms with E-state index in [9.17, 15) is 5.11 Å². The van der Waals surface area contributed by atoms with Gasteiger partial charge in [0, 0.05) is 24.6 Å². The molecule has 0 saturated heterocycles. The van der Waals surface area contributed by atoms with E-state index in [0.29, 0.717) is 0 Å². The Balaban J connectivity index is 2.20. The Bertz CT molecular complexity index is 584. The number of ether oxygens (including phenoxy) is 2. The lowest BCUT2D eigenvalue weighted by atomic mass is 9.61. The molecule has 0 radical (unpaired) electrons. The fourth-order valence-corrected chi connectivity index (χ4v) is 4.09. The van der Waals surface area contributed by atoms with E-state index in [0.717, 1.165) is 49.3 Å². The molecule has 1 saturated carbocycles. The second kappa shape index (κ2) is 5.84. The number of fused-ring (bicyclic) bond motifs is 1. The standard InChI is InChI=1S/C18H25NO3/c1-19-11-10-18(13(12-19)6-4-9-16(18)20)14-7-5-8-15(21-2)17(14)22-3/h5,7-8,12,16,20H,4,6,9-11H2,1-3H3/t16-,18-/m1/s1. The van der Waals surface area contributed by atoms with Crippen LogP contribution >= 0.6 is 0 Å². The summed E-state index contributed by atoms with van der Waals surface area (Å²) in [5.41, 5.74) is 2.03. The third kappa shape index (κ3) is 2.17. The zero-order valence-electron chi connectivity index (χ0n) is 13.6. The number of hydrogen-bond donors (Lipinski definition) is 1. The number of benzene rings is 1. The van der Waals surface area contributed by atoms with Crippen LogP contribution in [-0.4, -0.2) is 43.9 Å². The van der Waals surface area contributed by atoms with Crippen molar-refractivity contribution in [1.29, 1.82) is 0 Å². The summed E-state index contributed by atoms with van der Waals surface area (Å²) in [6.07, 6.45) is 5.64. The molecular formula is C18H25NO3. The predicted octanol–water partition coefficient (Wildman–Crippen LogP) is 2.71. The van der Waals surface area contributed by atoms with E-state index in [2.05, 4.69) is 24.2 Å². The van der Waals surface area contributed by atoms with Crippen LogP contribution in [-0.2, 0) is 5.41 Å². The van der Waals surface area contributed by atoms with Crippen LogP contribution < -0.4 is 9.47 Å². The van der Waals surface area contributed by atoms with Crippen molar-refractivity contribution >= 4 is 0 Å². The Morgan fingerprint density at radius 2 is 2.09 bits per heavy atom. The van der Waals surface area contributed by atoms with Gasteiger partial charge in [-0.15, -0.1) is 0 Å². The summed E-state index contributed by atoms with van der Waals surface area (Å²) in [5, 5.41) is 10.9. The van der Waals surface area contributed by atoms with Crippen molar-refractivity contribution in [3.63, 3.8) is 0 Å². The molecule has 120 valence electrons. The van der Waals surface area contributed by atoms with E-state index in [1.54, 1.807) is 14.2 Å². The summed E-state index contributed by atoms with van der Waals surface area (Å²) in [7, 11) is 5.42. The Kier molecular flexibility index (Phi) is 4.04. The van der Waals surface area contributed by atoms with Crippen molar-refractivity contribution in [2.75, 3.05) is 27.8 Å². The molecule has 4 heteroatoms. The van der Waals surface area contributed by atoms with Crippen LogP contribution in [0.1, 0.15) is 31.2 Å². The van der Waals surface area contributed by atoms with Gasteiger partial charge >= 0.3 is 0 Å². The molecule has 1 fully saturated rings. The summed E-state index contributed by atoms with van der Waals surface area (Å²) in [6.45, 7) is 0.931. The van der Waals surface area contributed by atoms with Gasteiger partial charge in [-0.05, 0) is 43.5 Å². The lowest BCUT2D eigenvalue weighted by Gasteiger charge is -2.48. The number of methoxy groups -OCH3 is 2. The highest BCUT2D eigenvalue weighted by atomic mass is 16.5. The Hall–Kier alpha value is -1.68. The van der Waals surface area contributed by atoms with E-state index >= 15 is 0 Å². The molecule has 0 unspecified atom stereocenters. The minimum absolute atomic E-state index is 0.343. The zero-order valence-corrected chi connectivity index (χ0v) is 13.6. The molecule has 4 nitrogen and oxygen atoms in total. The summed E-state index contributed by atoms with van der Waals surface area (Å²) in [4.78, 5) is 2.22. The number of para-hydroxylation sites is 1. The highest BCUT2D eigenvalue weighted by molar-refractivity contribution is 5.55. The second-order valence-electron chi connectivity index (χ2n) is 6.31. The largest absolute Gasteiger partial charge is 0.493 e. The molecule has 0 spiro atoms. The Labute approximate surface area is 132 Å². The Morgan fingerprint density at radius 3 is 2.82 bits per heavy atom. The van der Waals surface area contributed by atoms with Gasteiger partial charge in [-0.1, -0.05) is 12.1 Å². The first-order valence-corrected chi connectivity index (χ1v) is 7.94. The minimum atomic E-state index is -0.373. The maximum atomic E-state index is 10.9. The van der Waals surface area contributed by atoms with Crippen molar-refractivity contribution in [3.05, 3.63) is 35.5 Å². The fourth-order valence-electron chi connectivity index (χ4n) is 4.09. The molecule has 0 aromatic heterocycles. The van der Waals surface area contributed by atoms with Crippen molar-refractivity contribution in [3.8, 4) is 11.5 Å². The molecule has 0 amide bonds. The topological polar surface area (TPSA) is 41.9 Å². The SMILES string of the molecule is COc1cccc([C@@]23CCN(C)C=C2CCC[C@H]3O)c1OC. The van der Waals surface area contributed by atoms with E-state index in [1.165, 1.54) is 5.57 Å². The third-order valence-electron chi connectivity index (χ3n) is 5.18. The van der Waals surface area contributed by atoms with Gasteiger partial charge < -0.3 is 19.5 Å². The van der Waals surface area contributed by atoms with Gasteiger partial charge in [0.2, 0.25) is 0 Å². The number of nitrogens with zero attached hydrogens (tertiary/aromatic N) is 1. The van der Waals surface area contributed by atoms with Crippen LogP contribution in [0.25, 0.3) is 0 Å². The lowest BCUT2D eigenvalue weighted by Crippen LogP contribution is -2.49. The van der Waals surface area contributed by atoms with Crippen LogP contribution in [0.3, 0.4) is 0 Å². The van der Waals surface area contributed by atoms with Crippen LogP contribution in [0.5, 0.6) is 11.5 Å². The molecule has 0 bridgehead atoms. The molecule has 1 aromatic carbocycles. The van der Waals surface area contributed by atoms with Gasteiger partial charge in [0.25, 0.3) is 0 Å². The maximum Gasteiger partial charge on any atom is 0.164 e. The van der Waals surface area contributed by atoms with E-state index in [1.807, 2.05) is 12.1 Å². The molecule has 1 heterocycles. The molecule has 1 aliphatic heterocycles. The second-order valence-corrected chi connectivity index (χ2v) is 6.31. The van der Waals surface area contributed by atoms with Gasteiger partial charge in [0.05, 0.1) is 20.3 Å². The van der Waals surface area contributed by atoms with Gasteiger partial charge in [-0.3, -0.25) is 0 Å². The molecule has 3 rings (SSSR count). The first-order valence-electron chi connectivity index (χ1n) is 7.94. The van der Waals surface area contributed by atoms with Crippen LogP contribution in [0.4, 0.5) is 0 Å². The highest BCUT2D eigenvalue weighted by Gasteiger charge is 2.48. The molecule has 1 N–H and O–H groups in total. The van der Waals surface area contributed by atoms with Crippen molar-refractivity contribution in [2.24, 2.45) is 0 Å². The van der Waals surface area contributed by atoms with Crippen LogP contribution in [0, 0.1) is 0 Å². The van der Waals surface area contributed by atoms with E-state index < -0.39 is 0 Å². The average molecular weight is 303 g/mol. The number of hydrogen-bond acceptors (Lipinski definition) is 4. The molecule has 2 aliphatic rings. The smallest absolute Gasteiger partial charge is 0.164 e. The van der Waals surface area contributed by atoms with Crippen LogP contribution in [0.2, 0.25) is 0 Å². The third-order valence-corrected chi connectivity index (χ3v) is 5.18. The number of aliphatic hydroxyl groups is 1.